The van der Waals surface area contributed by atoms with Crippen LogP contribution in [-0.2, 0) is 14.3 Å². The van der Waals surface area contributed by atoms with E-state index in [2.05, 4.69) is 10.3 Å². The summed E-state index contributed by atoms with van der Waals surface area (Å²) in [6.45, 7) is 2.52. The first-order chi connectivity index (χ1) is 9.63. The summed E-state index contributed by atoms with van der Waals surface area (Å²) >= 11 is 6.07. The van der Waals surface area contributed by atoms with Gasteiger partial charge in [-0.2, -0.15) is 0 Å². The van der Waals surface area contributed by atoms with Gasteiger partial charge in [0.2, 0.25) is 0 Å². The molecule has 1 N–H and O–H groups in total. The van der Waals surface area contributed by atoms with E-state index >= 15 is 0 Å². The fourth-order valence-electron chi connectivity index (χ4n) is 1.88. The molecule has 0 bridgehead atoms. The van der Waals surface area contributed by atoms with Crippen molar-refractivity contribution < 1.29 is 19.1 Å². The van der Waals surface area contributed by atoms with E-state index < -0.39 is 12.1 Å². The second kappa shape index (κ2) is 6.67. The average molecular weight is 299 g/mol. The van der Waals surface area contributed by atoms with Gasteiger partial charge in [0.05, 0.1) is 17.2 Å². The number of amides is 1. The van der Waals surface area contributed by atoms with Gasteiger partial charge >= 0.3 is 5.97 Å². The van der Waals surface area contributed by atoms with E-state index in [-0.39, 0.29) is 28.9 Å². The molecule has 2 rings (SSSR count). The highest BCUT2D eigenvalue weighted by Crippen LogP contribution is 2.25. The summed E-state index contributed by atoms with van der Waals surface area (Å²) in [5.74, 6) is -0.719. The van der Waals surface area contributed by atoms with Crippen molar-refractivity contribution in [2.45, 2.75) is 25.9 Å². The quantitative estimate of drug-likeness (QED) is 0.861. The fraction of sp³-hybridized carbons (Fsp3) is 0.462. The van der Waals surface area contributed by atoms with E-state index in [9.17, 15) is 9.59 Å². The number of carbonyl (C=O) groups excluding carboxylic acids is 2. The Labute approximate surface area is 121 Å². The van der Waals surface area contributed by atoms with Crippen molar-refractivity contribution in [3.05, 3.63) is 22.8 Å². The van der Waals surface area contributed by atoms with Gasteiger partial charge in [0.25, 0.3) is 5.91 Å². The molecule has 1 saturated heterocycles. The average Bonchev–Trinajstić information content (AvgIpc) is 2.95. The van der Waals surface area contributed by atoms with E-state index in [0.717, 1.165) is 6.42 Å². The van der Waals surface area contributed by atoms with Crippen molar-refractivity contribution in [2.75, 3.05) is 18.5 Å². The molecule has 0 aromatic carbocycles. The van der Waals surface area contributed by atoms with Gasteiger partial charge in [0, 0.05) is 12.8 Å². The van der Waals surface area contributed by atoms with E-state index in [4.69, 9.17) is 21.1 Å². The molecule has 1 aromatic rings. The summed E-state index contributed by atoms with van der Waals surface area (Å²) in [5, 5.41) is 2.64. The molecule has 0 aliphatic carbocycles. The molecule has 1 amide bonds. The number of esters is 1. The molecule has 0 saturated carbocycles. The van der Waals surface area contributed by atoms with Crippen LogP contribution in [0.5, 0.6) is 0 Å². The van der Waals surface area contributed by atoms with Crippen molar-refractivity contribution in [2.24, 2.45) is 0 Å². The van der Waals surface area contributed by atoms with E-state index in [0.29, 0.717) is 13.0 Å². The third-order valence-electron chi connectivity index (χ3n) is 2.85. The molecular weight excluding hydrogens is 284 g/mol. The largest absolute Gasteiger partial charge is 0.462 e. The highest BCUT2D eigenvalue weighted by molar-refractivity contribution is 6.36. The normalized spacial score (nSPS) is 17.8. The molecule has 7 heteroatoms. The number of pyridine rings is 1. The Bertz CT molecular complexity index is 515. The lowest BCUT2D eigenvalue weighted by Gasteiger charge is -2.12. The third kappa shape index (κ3) is 3.26. The number of anilines is 1. The molecule has 1 aliphatic heterocycles. The molecule has 1 atom stereocenters. The minimum absolute atomic E-state index is 0.0669. The van der Waals surface area contributed by atoms with E-state index in [1.54, 1.807) is 6.92 Å². The smallest absolute Gasteiger partial charge is 0.339 e. The zero-order valence-corrected chi connectivity index (χ0v) is 11.8. The number of carbonyl (C=O) groups is 2. The van der Waals surface area contributed by atoms with Gasteiger partial charge in [-0.25, -0.2) is 9.78 Å². The Kier molecular flexibility index (Phi) is 4.92. The molecule has 20 heavy (non-hydrogen) atoms. The number of ether oxygens (including phenoxy) is 2. The van der Waals surface area contributed by atoms with Crippen LogP contribution in [-0.4, -0.2) is 36.2 Å². The van der Waals surface area contributed by atoms with Gasteiger partial charge in [0.1, 0.15) is 6.10 Å². The highest BCUT2D eigenvalue weighted by Gasteiger charge is 2.25. The first kappa shape index (κ1) is 14.7. The van der Waals surface area contributed by atoms with Gasteiger partial charge in [-0.15, -0.1) is 0 Å². The highest BCUT2D eigenvalue weighted by atomic mass is 35.5. The van der Waals surface area contributed by atoms with E-state index in [1.165, 1.54) is 12.3 Å². The summed E-state index contributed by atoms with van der Waals surface area (Å²) in [5.41, 5.74) is 0.172. The lowest BCUT2D eigenvalue weighted by Crippen LogP contribution is -2.27. The number of hydrogen-bond acceptors (Lipinski definition) is 5. The van der Waals surface area contributed by atoms with Crippen LogP contribution in [0.2, 0.25) is 5.02 Å². The summed E-state index contributed by atoms with van der Waals surface area (Å²) in [4.78, 5) is 27.6. The SMILES string of the molecule is CCOC(=O)c1ccnc(NC(=O)[C@H]2CCCO2)c1Cl. The van der Waals surface area contributed by atoms with Crippen molar-refractivity contribution >= 4 is 29.3 Å². The molecule has 108 valence electrons. The standard InChI is InChI=1S/C13H15ClN2O4/c1-2-19-13(18)8-5-6-15-11(10(8)14)16-12(17)9-4-3-7-20-9/h5-6,9H,2-4,7H2,1H3,(H,15,16,17)/t9-/m1/s1. The molecular formula is C13H15ClN2O4. The zero-order valence-electron chi connectivity index (χ0n) is 11.0. The maximum Gasteiger partial charge on any atom is 0.339 e. The molecule has 2 heterocycles. The van der Waals surface area contributed by atoms with E-state index in [1.807, 2.05) is 0 Å². The van der Waals surface area contributed by atoms with Crippen LogP contribution in [0.15, 0.2) is 12.3 Å². The topological polar surface area (TPSA) is 77.5 Å². The van der Waals surface area contributed by atoms with Crippen LogP contribution in [0.3, 0.4) is 0 Å². The fourth-order valence-corrected chi connectivity index (χ4v) is 2.12. The molecule has 1 aromatic heterocycles. The maximum atomic E-state index is 11.9. The summed E-state index contributed by atoms with van der Waals surface area (Å²) < 4.78 is 10.1. The van der Waals surface area contributed by atoms with Gasteiger partial charge in [-0.05, 0) is 25.8 Å². The number of aromatic nitrogens is 1. The minimum Gasteiger partial charge on any atom is -0.462 e. The molecule has 6 nitrogen and oxygen atoms in total. The Hall–Kier alpha value is -1.66. The summed E-state index contributed by atoms with van der Waals surface area (Å²) in [6.07, 6.45) is 2.42. The Morgan fingerprint density at radius 2 is 2.40 bits per heavy atom. The van der Waals surface area contributed by atoms with Crippen LogP contribution < -0.4 is 5.32 Å². The van der Waals surface area contributed by atoms with Crippen molar-refractivity contribution in [1.29, 1.82) is 0 Å². The number of hydrogen-bond donors (Lipinski definition) is 1. The molecule has 0 unspecified atom stereocenters. The maximum absolute atomic E-state index is 11.9. The lowest BCUT2D eigenvalue weighted by atomic mass is 10.2. The number of nitrogens with zero attached hydrogens (tertiary/aromatic N) is 1. The Balaban J connectivity index is 2.13. The van der Waals surface area contributed by atoms with Gasteiger partial charge in [0.15, 0.2) is 5.82 Å². The second-order valence-corrected chi connectivity index (χ2v) is 4.61. The number of nitrogens with one attached hydrogen (secondary N) is 1. The predicted octanol–water partition coefficient (Wildman–Crippen LogP) is 2.03. The Morgan fingerprint density at radius 3 is 3.05 bits per heavy atom. The van der Waals surface area contributed by atoms with Crippen LogP contribution in [0.25, 0.3) is 0 Å². The first-order valence-corrected chi connectivity index (χ1v) is 6.75. The van der Waals surface area contributed by atoms with Crippen LogP contribution in [0.4, 0.5) is 5.82 Å². The number of rotatable bonds is 4. The molecule has 1 aliphatic rings. The lowest BCUT2D eigenvalue weighted by molar-refractivity contribution is -0.124. The number of halogens is 1. The summed E-state index contributed by atoms with van der Waals surface area (Å²) in [7, 11) is 0. The summed E-state index contributed by atoms with van der Waals surface area (Å²) in [6, 6.07) is 1.45. The van der Waals surface area contributed by atoms with Crippen LogP contribution in [0, 0.1) is 0 Å². The van der Waals surface area contributed by atoms with Gasteiger partial charge < -0.3 is 14.8 Å². The first-order valence-electron chi connectivity index (χ1n) is 6.37. The van der Waals surface area contributed by atoms with Crippen molar-refractivity contribution in [3.8, 4) is 0 Å². The monoisotopic (exact) mass is 298 g/mol. The van der Waals surface area contributed by atoms with Crippen LogP contribution >= 0.6 is 11.6 Å². The molecule has 0 radical (unpaired) electrons. The third-order valence-corrected chi connectivity index (χ3v) is 3.23. The predicted molar refractivity (Wildman–Crippen MR) is 72.8 cm³/mol. The van der Waals surface area contributed by atoms with Crippen LogP contribution in [0.1, 0.15) is 30.1 Å². The second-order valence-electron chi connectivity index (χ2n) is 4.23. The molecule has 0 spiro atoms. The zero-order chi connectivity index (χ0) is 14.5. The molecule has 1 fully saturated rings. The van der Waals surface area contributed by atoms with Crippen molar-refractivity contribution in [3.63, 3.8) is 0 Å². The van der Waals surface area contributed by atoms with Gasteiger partial charge in [-0.3, -0.25) is 4.79 Å². The Morgan fingerprint density at radius 1 is 1.60 bits per heavy atom. The van der Waals surface area contributed by atoms with Crippen molar-refractivity contribution in [1.82, 2.24) is 4.98 Å². The van der Waals surface area contributed by atoms with Gasteiger partial charge in [-0.1, -0.05) is 11.6 Å². The minimum atomic E-state index is -0.549.